The van der Waals surface area contributed by atoms with Crippen molar-refractivity contribution in [2.45, 2.75) is 13.5 Å². The van der Waals surface area contributed by atoms with E-state index < -0.39 is 0 Å². The lowest BCUT2D eigenvalue weighted by Gasteiger charge is -2.18. The molecular formula is C17H19ClN2O. The summed E-state index contributed by atoms with van der Waals surface area (Å²) in [5.41, 5.74) is 3.84. The van der Waals surface area contributed by atoms with Crippen LogP contribution in [0.25, 0.3) is 0 Å². The first-order valence-electron chi connectivity index (χ1n) is 6.79. The third kappa shape index (κ3) is 3.76. The quantitative estimate of drug-likeness (QED) is 0.927. The number of amides is 1. The summed E-state index contributed by atoms with van der Waals surface area (Å²) in [6.45, 7) is 2.55. The number of nitrogens with one attached hydrogen (secondary N) is 1. The van der Waals surface area contributed by atoms with Crippen molar-refractivity contribution in [2.24, 2.45) is 0 Å². The highest BCUT2D eigenvalue weighted by molar-refractivity contribution is 6.30. The Balaban J connectivity index is 2.11. The fourth-order valence-electron chi connectivity index (χ4n) is 2.23. The summed E-state index contributed by atoms with van der Waals surface area (Å²) < 4.78 is 0. The molecule has 2 rings (SSSR count). The molecule has 1 N–H and O–H groups in total. The van der Waals surface area contributed by atoms with Gasteiger partial charge in [0.05, 0.1) is 0 Å². The molecular weight excluding hydrogens is 284 g/mol. The predicted molar refractivity (Wildman–Crippen MR) is 88.0 cm³/mol. The van der Waals surface area contributed by atoms with Crippen LogP contribution >= 0.6 is 11.6 Å². The molecule has 1 amide bonds. The molecule has 4 heteroatoms. The fourth-order valence-corrected chi connectivity index (χ4v) is 2.36. The van der Waals surface area contributed by atoms with Crippen molar-refractivity contribution in [1.82, 2.24) is 4.90 Å². The highest BCUT2D eigenvalue weighted by Gasteiger charge is 2.13. The van der Waals surface area contributed by atoms with Crippen molar-refractivity contribution < 1.29 is 4.79 Å². The average Bonchev–Trinajstić information content (AvgIpc) is 2.48. The number of halogens is 1. The first-order chi connectivity index (χ1) is 10.0. The summed E-state index contributed by atoms with van der Waals surface area (Å²) in [4.78, 5) is 14.2. The van der Waals surface area contributed by atoms with E-state index in [4.69, 9.17) is 11.6 Å². The highest BCUT2D eigenvalue weighted by Crippen LogP contribution is 2.18. The molecule has 0 bridgehead atoms. The van der Waals surface area contributed by atoms with Crippen LogP contribution in [0.1, 0.15) is 21.5 Å². The van der Waals surface area contributed by atoms with Gasteiger partial charge in [0.2, 0.25) is 0 Å². The van der Waals surface area contributed by atoms with Gasteiger partial charge >= 0.3 is 0 Å². The maximum atomic E-state index is 12.4. The fraction of sp³-hybridized carbons (Fsp3) is 0.235. The largest absolute Gasteiger partial charge is 0.388 e. The van der Waals surface area contributed by atoms with E-state index in [-0.39, 0.29) is 5.91 Å². The lowest BCUT2D eigenvalue weighted by atomic mass is 10.1. The molecule has 110 valence electrons. The van der Waals surface area contributed by atoms with E-state index in [1.807, 2.05) is 56.4 Å². The molecule has 0 spiro atoms. The summed E-state index contributed by atoms with van der Waals surface area (Å²) >= 11 is 5.87. The SMILES string of the molecule is CNc1ccc(C(=O)N(C)Cc2ccc(Cl)cc2)cc1C. The zero-order valence-corrected chi connectivity index (χ0v) is 13.2. The van der Waals surface area contributed by atoms with Gasteiger partial charge < -0.3 is 10.2 Å². The van der Waals surface area contributed by atoms with Gasteiger partial charge in [0.1, 0.15) is 0 Å². The van der Waals surface area contributed by atoms with Crippen molar-refractivity contribution in [3.05, 3.63) is 64.2 Å². The van der Waals surface area contributed by atoms with Crippen molar-refractivity contribution >= 4 is 23.2 Å². The van der Waals surface area contributed by atoms with E-state index in [1.165, 1.54) is 0 Å². The molecule has 0 radical (unpaired) electrons. The van der Waals surface area contributed by atoms with Crippen LogP contribution in [-0.4, -0.2) is 24.9 Å². The summed E-state index contributed by atoms with van der Waals surface area (Å²) in [6.07, 6.45) is 0. The first-order valence-corrected chi connectivity index (χ1v) is 7.17. The molecule has 0 saturated heterocycles. The van der Waals surface area contributed by atoms with E-state index in [0.717, 1.165) is 16.8 Å². The molecule has 0 aliphatic rings. The lowest BCUT2D eigenvalue weighted by molar-refractivity contribution is 0.0785. The first kappa shape index (κ1) is 15.4. The molecule has 0 fully saturated rings. The van der Waals surface area contributed by atoms with Crippen LogP contribution < -0.4 is 5.32 Å². The second-order valence-electron chi connectivity index (χ2n) is 5.07. The molecule has 2 aromatic carbocycles. The standard InChI is InChI=1S/C17H19ClN2O/c1-12-10-14(6-9-16(12)19-2)17(21)20(3)11-13-4-7-15(18)8-5-13/h4-10,19H,11H2,1-3H3. The molecule has 0 unspecified atom stereocenters. The van der Waals surface area contributed by atoms with Crippen LogP contribution in [-0.2, 0) is 6.54 Å². The molecule has 0 heterocycles. The Morgan fingerprint density at radius 1 is 1.19 bits per heavy atom. The molecule has 0 aliphatic heterocycles. The van der Waals surface area contributed by atoms with Crippen molar-refractivity contribution in [3.63, 3.8) is 0 Å². The number of aryl methyl sites for hydroxylation is 1. The molecule has 3 nitrogen and oxygen atoms in total. The number of carbonyl (C=O) groups is 1. The lowest BCUT2D eigenvalue weighted by Crippen LogP contribution is -2.26. The van der Waals surface area contributed by atoms with Gasteiger partial charge in [-0.25, -0.2) is 0 Å². The van der Waals surface area contributed by atoms with Gasteiger partial charge in [-0.1, -0.05) is 23.7 Å². The zero-order chi connectivity index (χ0) is 15.4. The van der Waals surface area contributed by atoms with Crippen LogP contribution in [0.4, 0.5) is 5.69 Å². The van der Waals surface area contributed by atoms with E-state index >= 15 is 0 Å². The molecule has 0 atom stereocenters. The number of rotatable bonds is 4. The molecule has 21 heavy (non-hydrogen) atoms. The predicted octanol–water partition coefficient (Wildman–Crippen LogP) is 3.96. The van der Waals surface area contributed by atoms with E-state index in [9.17, 15) is 4.79 Å². The number of hydrogen-bond donors (Lipinski definition) is 1. The third-order valence-electron chi connectivity index (χ3n) is 3.42. The second-order valence-corrected chi connectivity index (χ2v) is 5.50. The normalized spacial score (nSPS) is 10.3. The van der Waals surface area contributed by atoms with Crippen molar-refractivity contribution in [2.75, 3.05) is 19.4 Å². The number of benzene rings is 2. The molecule has 0 aromatic heterocycles. The molecule has 0 saturated carbocycles. The number of nitrogens with zero attached hydrogens (tertiary/aromatic N) is 1. The second kappa shape index (κ2) is 6.64. The number of hydrogen-bond acceptors (Lipinski definition) is 2. The van der Waals surface area contributed by atoms with Gasteiger partial charge in [-0.15, -0.1) is 0 Å². The van der Waals surface area contributed by atoms with E-state index in [1.54, 1.807) is 11.9 Å². The Morgan fingerprint density at radius 2 is 1.86 bits per heavy atom. The maximum Gasteiger partial charge on any atom is 0.253 e. The molecule has 0 aliphatic carbocycles. The Bertz CT molecular complexity index is 638. The third-order valence-corrected chi connectivity index (χ3v) is 3.67. The zero-order valence-electron chi connectivity index (χ0n) is 12.5. The molecule has 2 aromatic rings. The minimum atomic E-state index is 0.00991. The Hall–Kier alpha value is -2.00. The topological polar surface area (TPSA) is 32.3 Å². The van der Waals surface area contributed by atoms with E-state index in [2.05, 4.69) is 5.32 Å². The Labute approximate surface area is 130 Å². The van der Waals surface area contributed by atoms with Gasteiger partial charge in [-0.2, -0.15) is 0 Å². The highest BCUT2D eigenvalue weighted by atomic mass is 35.5. The maximum absolute atomic E-state index is 12.4. The van der Waals surface area contributed by atoms with Gasteiger partial charge in [0.25, 0.3) is 5.91 Å². The number of carbonyl (C=O) groups excluding carboxylic acids is 1. The average molecular weight is 303 g/mol. The number of anilines is 1. The van der Waals surface area contributed by atoms with Gasteiger partial charge in [-0.05, 0) is 48.4 Å². The van der Waals surface area contributed by atoms with Crippen LogP contribution in [0.5, 0.6) is 0 Å². The van der Waals surface area contributed by atoms with Crippen molar-refractivity contribution in [1.29, 1.82) is 0 Å². The minimum Gasteiger partial charge on any atom is -0.388 e. The summed E-state index contributed by atoms with van der Waals surface area (Å²) in [6, 6.07) is 13.2. The van der Waals surface area contributed by atoms with Crippen LogP contribution in [0.15, 0.2) is 42.5 Å². The smallest absolute Gasteiger partial charge is 0.253 e. The summed E-state index contributed by atoms with van der Waals surface area (Å²) in [5, 5.41) is 3.80. The van der Waals surface area contributed by atoms with Crippen LogP contribution in [0.2, 0.25) is 5.02 Å². The van der Waals surface area contributed by atoms with Gasteiger partial charge in [0.15, 0.2) is 0 Å². The van der Waals surface area contributed by atoms with Gasteiger partial charge in [0, 0.05) is 36.9 Å². The summed E-state index contributed by atoms with van der Waals surface area (Å²) in [5.74, 6) is 0.00991. The Morgan fingerprint density at radius 3 is 2.43 bits per heavy atom. The van der Waals surface area contributed by atoms with Gasteiger partial charge in [-0.3, -0.25) is 4.79 Å². The minimum absolute atomic E-state index is 0.00991. The van der Waals surface area contributed by atoms with Crippen LogP contribution in [0.3, 0.4) is 0 Å². The monoisotopic (exact) mass is 302 g/mol. The van der Waals surface area contributed by atoms with Crippen molar-refractivity contribution in [3.8, 4) is 0 Å². The van der Waals surface area contributed by atoms with Crippen LogP contribution in [0, 0.1) is 6.92 Å². The Kier molecular flexibility index (Phi) is 4.86. The van der Waals surface area contributed by atoms with E-state index in [0.29, 0.717) is 17.1 Å². The summed E-state index contributed by atoms with van der Waals surface area (Å²) in [7, 11) is 3.68.